The van der Waals surface area contributed by atoms with Gasteiger partial charge in [-0.3, -0.25) is 9.78 Å². The van der Waals surface area contributed by atoms with Crippen molar-refractivity contribution in [2.45, 2.75) is 44.6 Å². The molecule has 2 aromatic rings. The Morgan fingerprint density at radius 2 is 2.00 bits per heavy atom. The summed E-state index contributed by atoms with van der Waals surface area (Å²) in [6.45, 7) is 0. The van der Waals surface area contributed by atoms with Crippen LogP contribution in [-0.4, -0.2) is 21.9 Å². The minimum atomic E-state index is 0.0518. The van der Waals surface area contributed by atoms with Crippen LogP contribution in [0.3, 0.4) is 0 Å². The van der Waals surface area contributed by atoms with Crippen LogP contribution in [0.5, 0.6) is 0 Å². The number of carbonyl (C=O) groups is 1. The predicted octanol–water partition coefficient (Wildman–Crippen LogP) is 3.38. The fourth-order valence-corrected chi connectivity index (χ4v) is 3.42. The molecule has 0 saturated heterocycles. The van der Waals surface area contributed by atoms with E-state index in [4.69, 9.17) is 4.98 Å². The Bertz CT molecular complexity index is 738. The van der Waals surface area contributed by atoms with Gasteiger partial charge in [0.05, 0.1) is 24.5 Å². The Hall–Kier alpha value is -2.43. The molecule has 2 N–H and O–H groups in total. The molecule has 1 amide bonds. The lowest BCUT2D eigenvalue weighted by atomic mass is 9.95. The average molecular weight is 308 g/mol. The average Bonchev–Trinajstić information content (AvgIpc) is 2.95. The van der Waals surface area contributed by atoms with Crippen LogP contribution in [0.25, 0.3) is 11.3 Å². The van der Waals surface area contributed by atoms with E-state index < -0.39 is 0 Å². The van der Waals surface area contributed by atoms with Crippen molar-refractivity contribution in [1.82, 2.24) is 9.97 Å². The fourth-order valence-electron chi connectivity index (χ4n) is 3.42. The lowest BCUT2D eigenvalue weighted by Gasteiger charge is -2.23. The number of hydrogen-bond acceptors (Lipinski definition) is 4. The molecule has 4 rings (SSSR count). The van der Waals surface area contributed by atoms with Crippen molar-refractivity contribution in [3.05, 3.63) is 36.2 Å². The zero-order chi connectivity index (χ0) is 15.6. The van der Waals surface area contributed by atoms with Gasteiger partial charge in [-0.25, -0.2) is 4.98 Å². The highest BCUT2D eigenvalue weighted by atomic mass is 16.1. The summed E-state index contributed by atoms with van der Waals surface area (Å²) in [6, 6.07) is 6.47. The number of rotatable bonds is 3. The first kappa shape index (κ1) is 14.2. The zero-order valence-electron chi connectivity index (χ0n) is 13.0. The number of nitrogens with one attached hydrogen (secondary N) is 2. The maximum Gasteiger partial charge on any atom is 0.228 e. The van der Waals surface area contributed by atoms with Crippen LogP contribution in [0.15, 0.2) is 30.6 Å². The molecule has 0 atom stereocenters. The van der Waals surface area contributed by atoms with Crippen LogP contribution in [0.2, 0.25) is 0 Å². The normalized spacial score (nSPS) is 17.7. The maximum absolute atomic E-state index is 11.5. The first-order valence-corrected chi connectivity index (χ1v) is 8.30. The molecule has 0 unspecified atom stereocenters. The lowest BCUT2D eigenvalue weighted by molar-refractivity contribution is -0.115. The van der Waals surface area contributed by atoms with Gasteiger partial charge in [-0.2, -0.15) is 0 Å². The summed E-state index contributed by atoms with van der Waals surface area (Å²) in [5.74, 6) is 0.889. The van der Waals surface area contributed by atoms with E-state index in [0.29, 0.717) is 12.5 Å². The Balaban J connectivity index is 1.56. The largest absolute Gasteiger partial charge is 0.366 e. The molecule has 1 fully saturated rings. The van der Waals surface area contributed by atoms with E-state index in [1.54, 1.807) is 12.4 Å². The van der Waals surface area contributed by atoms with Crippen LogP contribution in [0.4, 0.5) is 11.5 Å². The van der Waals surface area contributed by atoms with Gasteiger partial charge in [0.15, 0.2) is 0 Å². The van der Waals surface area contributed by atoms with Crippen molar-refractivity contribution in [1.29, 1.82) is 0 Å². The number of nitrogens with zero attached hydrogens (tertiary/aromatic N) is 2. The molecule has 0 spiro atoms. The minimum Gasteiger partial charge on any atom is -0.366 e. The van der Waals surface area contributed by atoms with Crippen LogP contribution in [-0.2, 0) is 11.2 Å². The molecule has 5 nitrogen and oxygen atoms in total. The van der Waals surface area contributed by atoms with Crippen LogP contribution in [0.1, 0.15) is 37.7 Å². The molecule has 23 heavy (non-hydrogen) atoms. The van der Waals surface area contributed by atoms with Gasteiger partial charge in [-0.05, 0) is 30.5 Å². The first-order valence-electron chi connectivity index (χ1n) is 8.30. The second-order valence-corrected chi connectivity index (χ2v) is 6.37. The molecular formula is C18H20N4O. The van der Waals surface area contributed by atoms with Crippen molar-refractivity contribution in [3.63, 3.8) is 0 Å². The van der Waals surface area contributed by atoms with E-state index in [2.05, 4.69) is 15.6 Å². The van der Waals surface area contributed by atoms with Gasteiger partial charge in [0.1, 0.15) is 5.82 Å². The fraction of sp³-hybridized carbons (Fsp3) is 0.389. The van der Waals surface area contributed by atoms with Gasteiger partial charge in [0.2, 0.25) is 5.91 Å². The number of carbonyl (C=O) groups excluding carboxylic acids is 1. The van der Waals surface area contributed by atoms with E-state index in [-0.39, 0.29) is 5.91 Å². The highest BCUT2D eigenvalue weighted by Gasteiger charge is 2.18. The molecular weight excluding hydrogens is 288 g/mol. The van der Waals surface area contributed by atoms with Gasteiger partial charge in [-0.1, -0.05) is 25.3 Å². The first-order chi connectivity index (χ1) is 11.3. The summed E-state index contributed by atoms with van der Waals surface area (Å²) < 4.78 is 0. The molecule has 1 aromatic heterocycles. The number of aromatic nitrogens is 2. The smallest absolute Gasteiger partial charge is 0.228 e. The molecule has 0 radical (unpaired) electrons. The van der Waals surface area contributed by atoms with E-state index in [1.165, 1.54) is 32.1 Å². The highest BCUT2D eigenvalue weighted by Crippen LogP contribution is 2.28. The van der Waals surface area contributed by atoms with Crippen LogP contribution >= 0.6 is 0 Å². The summed E-state index contributed by atoms with van der Waals surface area (Å²) in [5.41, 5.74) is 3.77. The Kier molecular flexibility index (Phi) is 3.69. The maximum atomic E-state index is 11.5. The van der Waals surface area contributed by atoms with Gasteiger partial charge in [-0.15, -0.1) is 0 Å². The molecule has 1 aliphatic heterocycles. The second-order valence-electron chi connectivity index (χ2n) is 6.37. The van der Waals surface area contributed by atoms with E-state index in [1.807, 2.05) is 18.2 Å². The minimum absolute atomic E-state index is 0.0518. The third kappa shape index (κ3) is 3.04. The zero-order valence-corrected chi connectivity index (χ0v) is 13.0. The lowest BCUT2D eigenvalue weighted by Crippen LogP contribution is -2.22. The van der Waals surface area contributed by atoms with Gasteiger partial charge >= 0.3 is 0 Å². The van der Waals surface area contributed by atoms with Crippen molar-refractivity contribution in [2.75, 3.05) is 10.6 Å². The molecule has 1 aliphatic carbocycles. The van der Waals surface area contributed by atoms with Crippen molar-refractivity contribution < 1.29 is 4.79 Å². The second kappa shape index (κ2) is 5.99. The molecule has 1 aromatic carbocycles. The number of benzene rings is 1. The summed E-state index contributed by atoms with van der Waals surface area (Å²) in [6.07, 6.45) is 10.3. The summed E-state index contributed by atoms with van der Waals surface area (Å²) in [5, 5.41) is 6.36. The van der Waals surface area contributed by atoms with Crippen molar-refractivity contribution >= 4 is 17.4 Å². The Morgan fingerprint density at radius 1 is 1.13 bits per heavy atom. The van der Waals surface area contributed by atoms with Crippen molar-refractivity contribution in [2.24, 2.45) is 0 Å². The number of anilines is 2. The molecule has 0 bridgehead atoms. The van der Waals surface area contributed by atoms with E-state index in [0.717, 1.165) is 28.3 Å². The van der Waals surface area contributed by atoms with Crippen LogP contribution in [0, 0.1) is 0 Å². The molecule has 5 heteroatoms. The molecule has 118 valence electrons. The van der Waals surface area contributed by atoms with Crippen molar-refractivity contribution in [3.8, 4) is 11.3 Å². The van der Waals surface area contributed by atoms with Gasteiger partial charge in [0, 0.05) is 17.3 Å². The summed E-state index contributed by atoms with van der Waals surface area (Å²) in [7, 11) is 0. The third-order valence-corrected chi connectivity index (χ3v) is 4.62. The Labute approximate surface area is 135 Å². The molecule has 1 saturated carbocycles. The number of amides is 1. The quantitative estimate of drug-likeness (QED) is 0.912. The van der Waals surface area contributed by atoms with Crippen LogP contribution < -0.4 is 10.6 Å². The standard InChI is InChI=1S/C18H20N4O/c23-18-9-13-8-12(6-7-15(13)22-18)16-10-19-11-17(21-16)20-14-4-2-1-3-5-14/h6-8,10-11,14H,1-5,9H2,(H,20,21)(H,22,23). The predicted molar refractivity (Wildman–Crippen MR) is 90.3 cm³/mol. The Morgan fingerprint density at radius 3 is 2.87 bits per heavy atom. The van der Waals surface area contributed by atoms with Gasteiger partial charge < -0.3 is 10.6 Å². The number of fused-ring (bicyclic) bond motifs is 1. The van der Waals surface area contributed by atoms with Gasteiger partial charge in [0.25, 0.3) is 0 Å². The third-order valence-electron chi connectivity index (χ3n) is 4.62. The number of hydrogen-bond donors (Lipinski definition) is 2. The topological polar surface area (TPSA) is 66.9 Å². The summed E-state index contributed by atoms with van der Waals surface area (Å²) in [4.78, 5) is 20.5. The highest BCUT2D eigenvalue weighted by molar-refractivity contribution is 5.99. The molecule has 2 heterocycles. The summed E-state index contributed by atoms with van der Waals surface area (Å²) >= 11 is 0. The molecule has 2 aliphatic rings. The van der Waals surface area contributed by atoms with E-state index in [9.17, 15) is 4.79 Å². The SMILES string of the molecule is O=C1Cc2cc(-c3cncc(NC4CCCCC4)n3)ccc2N1. The van der Waals surface area contributed by atoms with E-state index >= 15 is 0 Å². The monoisotopic (exact) mass is 308 g/mol.